The lowest BCUT2D eigenvalue weighted by atomic mass is 9.73. The maximum absolute atomic E-state index is 12.3. The molecule has 4 aromatic rings. The van der Waals surface area contributed by atoms with Crippen LogP contribution in [0.2, 0.25) is 0 Å². The van der Waals surface area contributed by atoms with E-state index in [9.17, 15) is 4.79 Å². The summed E-state index contributed by atoms with van der Waals surface area (Å²) in [5.41, 5.74) is 9.36. The second-order valence-electron chi connectivity index (χ2n) is 12.8. The molecule has 3 fully saturated rings. The fourth-order valence-corrected chi connectivity index (χ4v) is 5.80. The average molecular weight is 559 g/mol. The van der Waals surface area contributed by atoms with Crippen molar-refractivity contribution in [3.8, 4) is 22.8 Å². The number of ether oxygens (including phenoxy) is 1. The zero-order valence-electron chi connectivity index (χ0n) is 24.0. The highest BCUT2D eigenvalue weighted by Crippen LogP contribution is 2.48. The molecule has 1 spiro atoms. The summed E-state index contributed by atoms with van der Waals surface area (Å²) < 4.78 is 13.2. The van der Waals surface area contributed by atoms with Gasteiger partial charge in [-0.15, -0.1) is 0 Å². The standard InChI is InChI=1S/C28H34N10O3/c1-15(2)38-25-19(23(29)32-14-33-25)20(34-38)21-18(22(41-35-21)16-6-7-16)24-30-8-17(9-31-24)36-10-28(11-36)12-37(13-28)26(39)40-27(3,4)5/h8-9,14-16H,6-7,10-13H2,1-5H3,(H2,29,32,33). The van der Waals surface area contributed by atoms with Crippen LogP contribution in [0.1, 0.15) is 65.2 Å². The van der Waals surface area contributed by atoms with Crippen LogP contribution in [0.4, 0.5) is 16.3 Å². The zero-order valence-corrected chi connectivity index (χ0v) is 24.0. The van der Waals surface area contributed by atoms with Gasteiger partial charge >= 0.3 is 6.09 Å². The minimum absolute atomic E-state index is 0.0565. The number of hydrogen-bond acceptors (Lipinski definition) is 11. The number of nitrogens with zero attached hydrogens (tertiary/aromatic N) is 9. The lowest BCUT2D eigenvalue weighted by Gasteiger charge is -2.60. The van der Waals surface area contributed by atoms with E-state index in [0.717, 1.165) is 42.9 Å². The number of amides is 1. The maximum atomic E-state index is 12.3. The van der Waals surface area contributed by atoms with Gasteiger partial charge in [0.1, 0.15) is 29.1 Å². The van der Waals surface area contributed by atoms with E-state index in [0.29, 0.717) is 47.2 Å². The molecular weight excluding hydrogens is 524 g/mol. The Labute approximate surface area is 237 Å². The lowest BCUT2D eigenvalue weighted by Crippen LogP contribution is -2.73. The van der Waals surface area contributed by atoms with E-state index >= 15 is 0 Å². The quantitative estimate of drug-likeness (QED) is 0.377. The summed E-state index contributed by atoms with van der Waals surface area (Å²) in [7, 11) is 0. The van der Waals surface area contributed by atoms with Crippen LogP contribution in [-0.4, -0.2) is 77.6 Å². The molecule has 0 aromatic carbocycles. The second kappa shape index (κ2) is 8.85. The Morgan fingerprint density at radius 1 is 1.07 bits per heavy atom. The second-order valence-corrected chi connectivity index (χ2v) is 12.8. The van der Waals surface area contributed by atoms with Crippen molar-refractivity contribution in [3.63, 3.8) is 0 Å². The predicted molar refractivity (Wildman–Crippen MR) is 151 cm³/mol. The minimum Gasteiger partial charge on any atom is -0.444 e. The summed E-state index contributed by atoms with van der Waals surface area (Å²) >= 11 is 0. The first-order valence-electron chi connectivity index (χ1n) is 14.1. The molecule has 13 nitrogen and oxygen atoms in total. The van der Waals surface area contributed by atoms with E-state index in [-0.39, 0.29) is 23.5 Å². The van der Waals surface area contributed by atoms with Crippen molar-refractivity contribution in [2.45, 2.75) is 65.0 Å². The van der Waals surface area contributed by atoms with Crippen molar-refractivity contribution in [2.24, 2.45) is 5.41 Å². The molecule has 0 atom stereocenters. The largest absolute Gasteiger partial charge is 0.444 e. The number of aromatic nitrogens is 7. The van der Waals surface area contributed by atoms with Gasteiger partial charge in [0, 0.05) is 43.6 Å². The van der Waals surface area contributed by atoms with Crippen LogP contribution in [0, 0.1) is 5.41 Å². The van der Waals surface area contributed by atoms with Crippen LogP contribution in [-0.2, 0) is 4.74 Å². The summed E-state index contributed by atoms with van der Waals surface area (Å²) in [4.78, 5) is 34.6. The Morgan fingerprint density at radius 2 is 1.78 bits per heavy atom. The Balaban J connectivity index is 1.14. The van der Waals surface area contributed by atoms with Crippen molar-refractivity contribution in [3.05, 3.63) is 24.5 Å². The summed E-state index contributed by atoms with van der Waals surface area (Å²) in [6.45, 7) is 12.8. The van der Waals surface area contributed by atoms with Crippen LogP contribution in [0.3, 0.4) is 0 Å². The smallest absolute Gasteiger partial charge is 0.410 e. The number of likely N-dealkylation sites (tertiary alicyclic amines) is 1. The van der Waals surface area contributed by atoms with E-state index in [1.165, 1.54) is 6.33 Å². The van der Waals surface area contributed by atoms with Gasteiger partial charge < -0.3 is 24.8 Å². The highest BCUT2D eigenvalue weighted by molar-refractivity contribution is 6.00. The molecule has 0 bridgehead atoms. The monoisotopic (exact) mass is 558 g/mol. The summed E-state index contributed by atoms with van der Waals surface area (Å²) in [6.07, 6.45) is 6.95. The van der Waals surface area contributed by atoms with Gasteiger partial charge in [0.25, 0.3) is 0 Å². The molecule has 41 heavy (non-hydrogen) atoms. The number of hydrogen-bond donors (Lipinski definition) is 1. The van der Waals surface area contributed by atoms with Crippen molar-refractivity contribution in [2.75, 3.05) is 36.8 Å². The van der Waals surface area contributed by atoms with Gasteiger partial charge in [-0.3, -0.25) is 0 Å². The van der Waals surface area contributed by atoms with E-state index < -0.39 is 5.60 Å². The van der Waals surface area contributed by atoms with Gasteiger partial charge in [0.15, 0.2) is 17.2 Å². The summed E-state index contributed by atoms with van der Waals surface area (Å²) in [6, 6.07) is 0.0565. The topological polar surface area (TPSA) is 154 Å². The number of rotatable bonds is 5. The Morgan fingerprint density at radius 3 is 2.41 bits per heavy atom. The van der Waals surface area contributed by atoms with Crippen molar-refractivity contribution in [1.82, 2.24) is 39.8 Å². The number of carbonyl (C=O) groups excluding carboxylic acids is 1. The number of nitrogen functional groups attached to an aromatic ring is 1. The van der Waals surface area contributed by atoms with Crippen LogP contribution in [0.15, 0.2) is 23.2 Å². The molecule has 3 aliphatic rings. The molecule has 0 radical (unpaired) electrons. The van der Waals surface area contributed by atoms with E-state index in [2.05, 4.69) is 20.0 Å². The molecule has 1 saturated carbocycles. The molecule has 2 aliphatic heterocycles. The zero-order chi connectivity index (χ0) is 28.7. The summed E-state index contributed by atoms with van der Waals surface area (Å²) in [5.74, 6) is 1.92. The van der Waals surface area contributed by atoms with Gasteiger partial charge in [-0.2, -0.15) is 5.10 Å². The first-order chi connectivity index (χ1) is 19.5. The van der Waals surface area contributed by atoms with Crippen molar-refractivity contribution < 1.29 is 14.1 Å². The third kappa shape index (κ3) is 4.34. The third-order valence-electron chi connectivity index (χ3n) is 7.88. The Bertz CT molecular complexity index is 1630. The summed E-state index contributed by atoms with van der Waals surface area (Å²) in [5, 5.41) is 9.95. The fraction of sp³-hybridized carbons (Fsp3) is 0.536. The fourth-order valence-electron chi connectivity index (χ4n) is 5.80. The van der Waals surface area contributed by atoms with Gasteiger partial charge in [-0.25, -0.2) is 29.4 Å². The van der Waals surface area contributed by atoms with Crippen LogP contribution >= 0.6 is 0 Å². The highest BCUT2D eigenvalue weighted by atomic mass is 16.6. The molecule has 2 N–H and O–H groups in total. The number of carbonyl (C=O) groups is 1. The molecule has 0 unspecified atom stereocenters. The Hall–Kier alpha value is -4.29. The molecule has 6 heterocycles. The van der Waals surface area contributed by atoms with Gasteiger partial charge in [-0.1, -0.05) is 5.16 Å². The molecular formula is C28H34N10O3. The first-order valence-corrected chi connectivity index (χ1v) is 14.1. The third-order valence-corrected chi connectivity index (χ3v) is 7.88. The van der Waals surface area contributed by atoms with E-state index in [4.69, 9.17) is 30.1 Å². The molecule has 13 heteroatoms. The SMILES string of the molecule is CC(C)n1nc(-c2noc(C3CC3)c2-c2ncc(N3CC4(CN(C(=O)OC(C)(C)C)C4)C3)cn2)c2c(N)ncnc21. The average Bonchev–Trinajstić information content (AvgIpc) is 3.48. The number of fused-ring (bicyclic) bond motifs is 1. The molecule has 214 valence electrons. The highest BCUT2D eigenvalue weighted by Gasteiger charge is 2.54. The lowest BCUT2D eigenvalue weighted by molar-refractivity contribution is -0.0453. The van der Waals surface area contributed by atoms with Crippen molar-refractivity contribution in [1.29, 1.82) is 0 Å². The predicted octanol–water partition coefficient (Wildman–Crippen LogP) is 4.04. The van der Waals surface area contributed by atoms with Crippen LogP contribution < -0.4 is 10.6 Å². The Kier molecular flexibility index (Phi) is 5.54. The normalized spacial score (nSPS) is 18.2. The molecule has 4 aromatic heterocycles. The van der Waals surface area contributed by atoms with Gasteiger partial charge in [0.2, 0.25) is 0 Å². The van der Waals surface area contributed by atoms with Gasteiger partial charge in [0.05, 0.1) is 29.0 Å². The van der Waals surface area contributed by atoms with Crippen LogP contribution in [0.5, 0.6) is 0 Å². The van der Waals surface area contributed by atoms with E-state index in [1.54, 1.807) is 4.90 Å². The molecule has 7 rings (SSSR count). The molecule has 1 aliphatic carbocycles. The van der Waals surface area contributed by atoms with E-state index in [1.807, 2.05) is 51.7 Å². The molecule has 2 saturated heterocycles. The van der Waals surface area contributed by atoms with Crippen molar-refractivity contribution >= 4 is 28.6 Å². The number of nitrogens with two attached hydrogens (primary N) is 1. The minimum atomic E-state index is -0.490. The van der Waals surface area contributed by atoms with Crippen LogP contribution in [0.25, 0.3) is 33.8 Å². The van der Waals surface area contributed by atoms with Gasteiger partial charge in [-0.05, 0) is 47.5 Å². The molecule has 1 amide bonds. The maximum Gasteiger partial charge on any atom is 0.410 e. The number of anilines is 2. The first kappa shape index (κ1) is 25.7.